The number of anilines is 1. The number of fused-ring (bicyclic) bond motifs is 1. The SMILES string of the molecule is Cl.O=C(CN1c2nc(-c3ccncc3)cc(=O)n2CCC1C1CCNCC1)c1ccccc1. The van der Waals surface area contributed by atoms with E-state index in [9.17, 15) is 9.59 Å². The fourth-order valence-electron chi connectivity index (χ4n) is 4.94. The Kier molecular flexibility index (Phi) is 7.20. The third-order valence-electron chi connectivity index (χ3n) is 6.61. The van der Waals surface area contributed by atoms with Crippen molar-refractivity contribution >= 4 is 24.1 Å². The maximum Gasteiger partial charge on any atom is 0.255 e. The number of carbonyl (C=O) groups excluding carboxylic acids is 1. The maximum atomic E-state index is 13.2. The van der Waals surface area contributed by atoms with Gasteiger partial charge in [-0.1, -0.05) is 30.3 Å². The number of rotatable bonds is 5. The first kappa shape index (κ1) is 23.1. The van der Waals surface area contributed by atoms with Crippen molar-refractivity contribution in [1.29, 1.82) is 0 Å². The number of Topliss-reactive ketones (excluding diaryl/α,β-unsaturated/α-hetero) is 1. The van der Waals surface area contributed by atoms with Crippen molar-refractivity contribution in [3.63, 3.8) is 0 Å². The highest BCUT2D eigenvalue weighted by Gasteiger charge is 2.36. The molecule has 1 N–H and O–H groups in total. The van der Waals surface area contributed by atoms with Gasteiger partial charge in [0.2, 0.25) is 5.95 Å². The lowest BCUT2D eigenvalue weighted by Gasteiger charge is -2.43. The summed E-state index contributed by atoms with van der Waals surface area (Å²) in [4.78, 5) is 37.3. The van der Waals surface area contributed by atoms with Crippen molar-refractivity contribution in [2.45, 2.75) is 31.8 Å². The Balaban J connectivity index is 0.00000259. The molecule has 0 saturated carbocycles. The summed E-state index contributed by atoms with van der Waals surface area (Å²) in [6.45, 7) is 2.81. The van der Waals surface area contributed by atoms with Crippen LogP contribution in [0.25, 0.3) is 11.3 Å². The maximum absolute atomic E-state index is 13.2. The summed E-state index contributed by atoms with van der Waals surface area (Å²) in [5, 5.41) is 3.43. The zero-order chi connectivity index (χ0) is 21.9. The fourth-order valence-corrected chi connectivity index (χ4v) is 4.94. The van der Waals surface area contributed by atoms with E-state index in [1.165, 1.54) is 0 Å². The van der Waals surface area contributed by atoms with Crippen molar-refractivity contribution in [2.24, 2.45) is 5.92 Å². The minimum atomic E-state index is -0.0808. The van der Waals surface area contributed by atoms with Gasteiger partial charge >= 0.3 is 0 Å². The molecule has 7 nitrogen and oxygen atoms in total. The van der Waals surface area contributed by atoms with Crippen LogP contribution >= 0.6 is 12.4 Å². The Morgan fingerprint density at radius 3 is 2.48 bits per heavy atom. The lowest BCUT2D eigenvalue weighted by molar-refractivity contribution is 0.0990. The molecule has 0 aliphatic carbocycles. The number of benzene rings is 1. The zero-order valence-electron chi connectivity index (χ0n) is 18.4. The molecule has 1 saturated heterocycles. The number of aromatic nitrogens is 3. The third kappa shape index (κ3) is 4.84. The number of ketones is 1. The van der Waals surface area contributed by atoms with Crippen LogP contribution in [-0.4, -0.2) is 46.0 Å². The van der Waals surface area contributed by atoms with Crippen LogP contribution in [0.3, 0.4) is 0 Å². The van der Waals surface area contributed by atoms with Gasteiger partial charge in [0.05, 0.1) is 12.2 Å². The van der Waals surface area contributed by atoms with Crippen molar-refractivity contribution in [3.05, 3.63) is 76.8 Å². The average Bonchev–Trinajstić information content (AvgIpc) is 2.86. The molecule has 1 aromatic carbocycles. The predicted octanol–water partition coefficient (Wildman–Crippen LogP) is 3.19. The van der Waals surface area contributed by atoms with Crippen LogP contribution in [0.2, 0.25) is 0 Å². The highest BCUT2D eigenvalue weighted by Crippen LogP contribution is 2.32. The number of piperidine rings is 1. The number of nitrogens with one attached hydrogen (secondary N) is 1. The third-order valence-corrected chi connectivity index (χ3v) is 6.61. The number of hydrogen-bond acceptors (Lipinski definition) is 6. The van der Waals surface area contributed by atoms with Crippen LogP contribution in [0.4, 0.5) is 5.95 Å². The molecule has 4 heterocycles. The molecule has 33 heavy (non-hydrogen) atoms. The molecule has 0 bridgehead atoms. The van der Waals surface area contributed by atoms with Gasteiger partial charge in [0, 0.05) is 42.2 Å². The fraction of sp³-hybridized carbons (Fsp3) is 0.360. The predicted molar refractivity (Wildman–Crippen MR) is 131 cm³/mol. The first-order valence-electron chi connectivity index (χ1n) is 11.3. The molecule has 2 aliphatic heterocycles. The number of nitrogens with zero attached hydrogens (tertiary/aromatic N) is 4. The van der Waals surface area contributed by atoms with Crippen LogP contribution < -0.4 is 15.8 Å². The minimum Gasteiger partial charge on any atom is -0.331 e. The van der Waals surface area contributed by atoms with E-state index in [2.05, 4.69) is 15.2 Å². The van der Waals surface area contributed by atoms with Crippen molar-refractivity contribution in [2.75, 3.05) is 24.5 Å². The number of hydrogen-bond donors (Lipinski definition) is 1. The van der Waals surface area contributed by atoms with Gasteiger partial charge in [0.25, 0.3) is 5.56 Å². The number of carbonyl (C=O) groups is 1. The van der Waals surface area contributed by atoms with E-state index in [0.29, 0.717) is 29.7 Å². The normalized spacial score (nSPS) is 18.3. The summed E-state index contributed by atoms with van der Waals surface area (Å²) in [5.41, 5.74) is 2.06. The Bertz CT molecular complexity index is 1150. The summed E-state index contributed by atoms with van der Waals surface area (Å²) in [6, 6.07) is 14.8. The Hall–Kier alpha value is -3.03. The quantitative estimate of drug-likeness (QED) is 0.583. The minimum absolute atomic E-state index is 0. The first-order chi connectivity index (χ1) is 15.7. The molecule has 1 unspecified atom stereocenters. The van der Waals surface area contributed by atoms with E-state index in [1.54, 1.807) is 23.0 Å². The zero-order valence-corrected chi connectivity index (χ0v) is 19.2. The molecule has 172 valence electrons. The van der Waals surface area contributed by atoms with E-state index >= 15 is 0 Å². The van der Waals surface area contributed by atoms with Crippen LogP contribution in [0.1, 0.15) is 29.6 Å². The second-order valence-corrected chi connectivity index (χ2v) is 8.53. The second kappa shape index (κ2) is 10.3. The van der Waals surface area contributed by atoms with Gasteiger partial charge in [-0.2, -0.15) is 0 Å². The molecule has 3 aromatic rings. The van der Waals surface area contributed by atoms with E-state index in [1.807, 2.05) is 42.5 Å². The van der Waals surface area contributed by atoms with E-state index in [0.717, 1.165) is 37.9 Å². The molecular formula is C25H28ClN5O2. The van der Waals surface area contributed by atoms with Gasteiger partial charge in [-0.05, 0) is 50.4 Å². The Morgan fingerprint density at radius 2 is 1.76 bits per heavy atom. The molecule has 8 heteroatoms. The smallest absolute Gasteiger partial charge is 0.255 e. The van der Waals surface area contributed by atoms with Crippen molar-refractivity contribution in [1.82, 2.24) is 19.9 Å². The van der Waals surface area contributed by atoms with Crippen LogP contribution in [0, 0.1) is 5.92 Å². The molecule has 0 radical (unpaired) electrons. The summed E-state index contributed by atoms with van der Waals surface area (Å²) in [5.74, 6) is 1.11. The van der Waals surface area contributed by atoms with Crippen LogP contribution in [0.15, 0.2) is 65.7 Å². The van der Waals surface area contributed by atoms with E-state index in [-0.39, 0.29) is 36.3 Å². The largest absolute Gasteiger partial charge is 0.331 e. The molecule has 2 aromatic heterocycles. The first-order valence-corrected chi connectivity index (χ1v) is 11.3. The van der Waals surface area contributed by atoms with E-state index < -0.39 is 0 Å². The second-order valence-electron chi connectivity index (χ2n) is 8.53. The van der Waals surface area contributed by atoms with Crippen LogP contribution in [-0.2, 0) is 6.54 Å². The summed E-state index contributed by atoms with van der Waals surface area (Å²) in [6.07, 6.45) is 6.37. The topological polar surface area (TPSA) is 80.1 Å². The van der Waals surface area contributed by atoms with Gasteiger partial charge < -0.3 is 10.2 Å². The van der Waals surface area contributed by atoms with Crippen LogP contribution in [0.5, 0.6) is 0 Å². The van der Waals surface area contributed by atoms with Gasteiger partial charge in [-0.25, -0.2) is 4.98 Å². The molecule has 1 atom stereocenters. The lowest BCUT2D eigenvalue weighted by Crippen LogP contribution is -2.52. The highest BCUT2D eigenvalue weighted by atomic mass is 35.5. The van der Waals surface area contributed by atoms with Crippen molar-refractivity contribution in [3.8, 4) is 11.3 Å². The molecular weight excluding hydrogens is 438 g/mol. The standard InChI is InChI=1S/C25H27N5O2.ClH/c31-23(20-4-2-1-3-5-20)17-30-22(19-8-13-27-14-9-19)10-15-29-24(32)16-21(28-25(29)30)18-6-11-26-12-7-18;/h1-7,11-12,16,19,22,27H,8-10,13-15,17H2;1H. The summed E-state index contributed by atoms with van der Waals surface area (Å²) >= 11 is 0. The monoisotopic (exact) mass is 465 g/mol. The highest BCUT2D eigenvalue weighted by molar-refractivity contribution is 5.99. The molecule has 2 aliphatic rings. The Labute approximate surface area is 199 Å². The van der Waals surface area contributed by atoms with E-state index in [4.69, 9.17) is 4.98 Å². The molecule has 1 fully saturated rings. The molecule has 5 rings (SSSR count). The number of pyridine rings is 1. The molecule has 0 amide bonds. The Morgan fingerprint density at radius 1 is 1.03 bits per heavy atom. The lowest BCUT2D eigenvalue weighted by atomic mass is 9.86. The number of halogens is 1. The summed E-state index contributed by atoms with van der Waals surface area (Å²) in [7, 11) is 0. The summed E-state index contributed by atoms with van der Waals surface area (Å²) < 4.78 is 1.72. The van der Waals surface area contributed by atoms with Gasteiger partial charge in [0.15, 0.2) is 5.78 Å². The van der Waals surface area contributed by atoms with Gasteiger partial charge in [-0.15, -0.1) is 12.4 Å². The van der Waals surface area contributed by atoms with Gasteiger partial charge in [-0.3, -0.25) is 19.1 Å². The molecule has 0 spiro atoms. The van der Waals surface area contributed by atoms with Crippen molar-refractivity contribution < 1.29 is 4.79 Å². The van der Waals surface area contributed by atoms with Gasteiger partial charge in [0.1, 0.15) is 0 Å². The average molecular weight is 466 g/mol.